The zero-order valence-corrected chi connectivity index (χ0v) is 21.7. The molecule has 4 rings (SSSR count). The third-order valence-corrected chi connectivity index (χ3v) is 5.88. The van der Waals surface area contributed by atoms with Gasteiger partial charge < -0.3 is 9.15 Å². The van der Waals surface area contributed by atoms with Gasteiger partial charge in [0.25, 0.3) is 5.56 Å². The van der Waals surface area contributed by atoms with Gasteiger partial charge in [0.05, 0.1) is 22.0 Å². The lowest BCUT2D eigenvalue weighted by molar-refractivity contribution is 0.284. The highest BCUT2D eigenvalue weighted by molar-refractivity contribution is 6.32. The van der Waals surface area contributed by atoms with Gasteiger partial charge in [-0.15, -0.1) is 0 Å². The molecular weight excluding hydrogens is 466 g/mol. The van der Waals surface area contributed by atoms with Gasteiger partial charge in [-0.1, -0.05) is 38.4 Å². The van der Waals surface area contributed by atoms with Crippen LogP contribution in [-0.2, 0) is 12.0 Å². The van der Waals surface area contributed by atoms with Crippen LogP contribution in [0.3, 0.4) is 0 Å². The molecule has 4 aromatic rings. The van der Waals surface area contributed by atoms with Gasteiger partial charge in [0.1, 0.15) is 30.2 Å². The second-order valence-corrected chi connectivity index (χ2v) is 9.92. The Balaban J connectivity index is 1.76. The highest BCUT2D eigenvalue weighted by Crippen LogP contribution is 2.30. The molecule has 0 saturated carbocycles. The molecule has 3 heterocycles. The molecule has 3 aromatic heterocycles. The van der Waals surface area contributed by atoms with Crippen molar-refractivity contribution in [2.75, 3.05) is 0 Å². The summed E-state index contributed by atoms with van der Waals surface area (Å²) in [6, 6.07) is 5.52. The zero-order valence-electron chi connectivity index (χ0n) is 20.9. The quantitative estimate of drug-likeness (QED) is 0.365. The number of hydrogen-bond acceptors (Lipinski definition) is 7. The fraction of sp³-hybridized carbons (Fsp3) is 0.346. The summed E-state index contributed by atoms with van der Waals surface area (Å²) in [5.41, 5.74) is 3.60. The second kappa shape index (κ2) is 9.26. The monoisotopic (exact) mass is 493 g/mol. The van der Waals surface area contributed by atoms with E-state index in [4.69, 9.17) is 25.7 Å². The third-order valence-electron chi connectivity index (χ3n) is 5.56. The van der Waals surface area contributed by atoms with Crippen LogP contribution in [-0.4, -0.2) is 24.5 Å². The van der Waals surface area contributed by atoms with Crippen LogP contribution in [0.1, 0.15) is 55.1 Å². The summed E-state index contributed by atoms with van der Waals surface area (Å²) in [6.07, 6.45) is 3.34. The lowest BCUT2D eigenvalue weighted by Crippen LogP contribution is -2.25. The van der Waals surface area contributed by atoms with Gasteiger partial charge in [0.2, 0.25) is 5.88 Å². The summed E-state index contributed by atoms with van der Waals surface area (Å²) in [5.74, 6) is 1.98. The molecule has 0 fully saturated rings. The fourth-order valence-corrected chi connectivity index (χ4v) is 3.86. The molecule has 35 heavy (non-hydrogen) atoms. The molecule has 0 aliphatic heterocycles. The number of oxazole rings is 1. The highest BCUT2D eigenvalue weighted by Gasteiger charge is 2.21. The van der Waals surface area contributed by atoms with Crippen molar-refractivity contribution in [2.45, 2.75) is 60.5 Å². The number of hydrogen-bond donors (Lipinski definition) is 0. The van der Waals surface area contributed by atoms with Crippen LogP contribution >= 0.6 is 11.6 Å². The van der Waals surface area contributed by atoms with E-state index in [0.717, 1.165) is 22.6 Å². The molecular formula is C26H28ClN5O3. The second-order valence-electron chi connectivity index (χ2n) is 9.52. The summed E-state index contributed by atoms with van der Waals surface area (Å²) in [6.45, 7) is 13.5. The standard InChI is InChI=1S/C26H28ClN5O3/c1-14-11-28-25(26(5,6)7)31-22(14)18-8-9-20(27)21(10-18)32-16(3)29-23(15(2)24(32)33)35-13-19-12-34-17(4)30-19/h8-12H,13H2,1-7H3. The molecule has 8 nitrogen and oxygen atoms in total. The highest BCUT2D eigenvalue weighted by atomic mass is 35.5. The lowest BCUT2D eigenvalue weighted by atomic mass is 9.95. The molecule has 0 aliphatic rings. The molecule has 1 aromatic carbocycles. The maximum atomic E-state index is 13.4. The van der Waals surface area contributed by atoms with Crippen LogP contribution in [0, 0.1) is 27.7 Å². The van der Waals surface area contributed by atoms with E-state index in [9.17, 15) is 4.79 Å². The van der Waals surface area contributed by atoms with Gasteiger partial charge in [-0.25, -0.2) is 15.0 Å². The summed E-state index contributed by atoms with van der Waals surface area (Å²) >= 11 is 6.57. The van der Waals surface area contributed by atoms with Crippen LogP contribution in [0.15, 0.2) is 39.9 Å². The molecule has 0 N–H and O–H groups in total. The Morgan fingerprint density at radius 1 is 1.09 bits per heavy atom. The number of aryl methyl sites for hydroxylation is 3. The van der Waals surface area contributed by atoms with Crippen LogP contribution < -0.4 is 10.3 Å². The van der Waals surface area contributed by atoms with Crippen LogP contribution in [0.5, 0.6) is 5.88 Å². The average Bonchev–Trinajstić information content (AvgIpc) is 3.21. The van der Waals surface area contributed by atoms with Crippen molar-refractivity contribution >= 4 is 11.6 Å². The van der Waals surface area contributed by atoms with Gasteiger partial charge in [0, 0.05) is 24.1 Å². The molecule has 0 aliphatic carbocycles. The minimum Gasteiger partial charge on any atom is -0.471 e. The molecule has 0 spiro atoms. The first-order valence-corrected chi connectivity index (χ1v) is 11.6. The zero-order chi connectivity index (χ0) is 25.5. The number of nitrogens with zero attached hydrogens (tertiary/aromatic N) is 5. The number of ether oxygens (including phenoxy) is 1. The minimum absolute atomic E-state index is 0.146. The van der Waals surface area contributed by atoms with E-state index in [1.54, 1.807) is 26.8 Å². The number of aromatic nitrogens is 5. The minimum atomic E-state index is -0.266. The molecule has 0 saturated heterocycles. The van der Waals surface area contributed by atoms with Gasteiger partial charge in [-0.3, -0.25) is 9.36 Å². The molecule has 0 atom stereocenters. The van der Waals surface area contributed by atoms with Crippen molar-refractivity contribution in [3.63, 3.8) is 0 Å². The van der Waals surface area contributed by atoms with E-state index in [1.165, 1.54) is 10.8 Å². The Kier molecular flexibility index (Phi) is 6.51. The topological polar surface area (TPSA) is 95.9 Å². The van der Waals surface area contributed by atoms with Crippen molar-refractivity contribution in [2.24, 2.45) is 0 Å². The van der Waals surface area contributed by atoms with E-state index in [-0.39, 0.29) is 23.5 Å². The van der Waals surface area contributed by atoms with E-state index in [1.807, 2.05) is 25.3 Å². The molecule has 0 unspecified atom stereocenters. The summed E-state index contributed by atoms with van der Waals surface area (Å²) in [7, 11) is 0. The number of benzene rings is 1. The van der Waals surface area contributed by atoms with E-state index in [2.05, 4.69) is 35.7 Å². The van der Waals surface area contributed by atoms with Crippen molar-refractivity contribution in [1.29, 1.82) is 0 Å². The summed E-state index contributed by atoms with van der Waals surface area (Å²) in [4.78, 5) is 31.5. The fourth-order valence-electron chi connectivity index (χ4n) is 3.65. The first kappa shape index (κ1) is 24.6. The molecule has 0 bridgehead atoms. The maximum absolute atomic E-state index is 13.4. The molecule has 182 valence electrons. The van der Waals surface area contributed by atoms with E-state index >= 15 is 0 Å². The lowest BCUT2D eigenvalue weighted by Gasteiger charge is -2.19. The molecule has 0 amide bonds. The van der Waals surface area contributed by atoms with Crippen LogP contribution in [0.25, 0.3) is 16.9 Å². The third kappa shape index (κ3) is 4.98. The van der Waals surface area contributed by atoms with E-state index in [0.29, 0.717) is 33.7 Å². The van der Waals surface area contributed by atoms with Gasteiger partial charge in [0.15, 0.2) is 5.89 Å². The van der Waals surface area contributed by atoms with E-state index < -0.39 is 0 Å². The molecule has 9 heteroatoms. The number of halogens is 1. The largest absolute Gasteiger partial charge is 0.471 e. The normalized spacial score (nSPS) is 11.7. The Labute approximate surface area is 209 Å². The predicted octanol–water partition coefficient (Wildman–Crippen LogP) is 5.44. The van der Waals surface area contributed by atoms with Crippen LogP contribution in [0.2, 0.25) is 5.02 Å². The maximum Gasteiger partial charge on any atom is 0.264 e. The van der Waals surface area contributed by atoms with Crippen molar-refractivity contribution in [3.8, 4) is 22.8 Å². The smallest absolute Gasteiger partial charge is 0.264 e. The predicted molar refractivity (Wildman–Crippen MR) is 134 cm³/mol. The number of rotatable bonds is 5. The van der Waals surface area contributed by atoms with Crippen molar-refractivity contribution in [1.82, 2.24) is 24.5 Å². The molecule has 0 radical (unpaired) electrons. The van der Waals surface area contributed by atoms with Gasteiger partial charge >= 0.3 is 0 Å². The average molecular weight is 494 g/mol. The Morgan fingerprint density at radius 2 is 1.83 bits per heavy atom. The summed E-state index contributed by atoms with van der Waals surface area (Å²) in [5, 5.41) is 0.426. The van der Waals surface area contributed by atoms with Gasteiger partial charge in [-0.05, 0) is 38.5 Å². The SMILES string of the molecule is Cc1nc(COc2nc(C)n(-c3cc(-c4nc(C(C)(C)C)ncc4C)ccc3Cl)c(=O)c2C)co1. The Hall–Kier alpha value is -3.52. The van der Waals surface area contributed by atoms with Gasteiger partial charge in [-0.2, -0.15) is 4.98 Å². The van der Waals surface area contributed by atoms with Crippen molar-refractivity contribution < 1.29 is 9.15 Å². The Bertz CT molecular complexity index is 1470. The first-order chi connectivity index (χ1) is 16.5. The first-order valence-electron chi connectivity index (χ1n) is 11.2. The summed E-state index contributed by atoms with van der Waals surface area (Å²) < 4.78 is 12.5. The Morgan fingerprint density at radius 3 is 2.49 bits per heavy atom. The van der Waals surface area contributed by atoms with Crippen LogP contribution in [0.4, 0.5) is 0 Å². The van der Waals surface area contributed by atoms with Crippen molar-refractivity contribution in [3.05, 3.63) is 80.4 Å².